The number of anilines is 2. The summed E-state index contributed by atoms with van der Waals surface area (Å²) in [5, 5.41) is 15.8. The van der Waals surface area contributed by atoms with Crippen molar-refractivity contribution >= 4 is 11.9 Å². The summed E-state index contributed by atoms with van der Waals surface area (Å²) in [5.74, 6) is 0.854. The summed E-state index contributed by atoms with van der Waals surface area (Å²) in [6, 6.07) is 0.270. The highest BCUT2D eigenvalue weighted by Crippen LogP contribution is 2.13. The number of hydrogen-bond donors (Lipinski definition) is 3. The number of rotatable bonds is 8. The molecule has 1 aromatic rings. The summed E-state index contributed by atoms with van der Waals surface area (Å²) in [6.45, 7) is 10.4. The molecular formula is C13H25N5O2. The molecule has 0 radical (unpaired) electrons. The third kappa shape index (κ3) is 6.51. The maximum atomic E-state index is 9.72. The van der Waals surface area contributed by atoms with Crippen LogP contribution in [-0.4, -0.2) is 44.9 Å². The van der Waals surface area contributed by atoms with E-state index < -0.39 is 5.60 Å². The molecule has 7 nitrogen and oxygen atoms in total. The first-order valence-corrected chi connectivity index (χ1v) is 6.93. The van der Waals surface area contributed by atoms with E-state index in [4.69, 9.17) is 4.74 Å². The van der Waals surface area contributed by atoms with Gasteiger partial charge in [-0.25, -0.2) is 0 Å². The van der Waals surface area contributed by atoms with Gasteiger partial charge in [0.25, 0.3) is 0 Å². The molecule has 20 heavy (non-hydrogen) atoms. The van der Waals surface area contributed by atoms with E-state index in [1.807, 2.05) is 13.8 Å². The largest absolute Gasteiger partial charge is 0.461 e. The predicted octanol–water partition coefficient (Wildman–Crippen LogP) is 1.66. The van der Waals surface area contributed by atoms with Gasteiger partial charge in [0.05, 0.1) is 11.7 Å². The van der Waals surface area contributed by atoms with Crippen molar-refractivity contribution in [3.05, 3.63) is 0 Å². The molecule has 1 aromatic heterocycles. The maximum absolute atomic E-state index is 9.72. The van der Waals surface area contributed by atoms with Gasteiger partial charge in [-0.2, -0.15) is 15.0 Å². The van der Waals surface area contributed by atoms with Crippen LogP contribution in [-0.2, 0) is 0 Å². The van der Waals surface area contributed by atoms with Crippen molar-refractivity contribution in [3.8, 4) is 6.01 Å². The smallest absolute Gasteiger partial charge is 0.323 e. The highest BCUT2D eigenvalue weighted by atomic mass is 16.5. The lowest BCUT2D eigenvalue weighted by Gasteiger charge is -2.18. The fraction of sp³-hybridized carbons (Fsp3) is 0.769. The first-order chi connectivity index (χ1) is 9.30. The Morgan fingerprint density at radius 2 is 1.75 bits per heavy atom. The molecule has 0 bridgehead atoms. The molecule has 114 valence electrons. The molecular weight excluding hydrogens is 258 g/mol. The molecule has 0 aliphatic heterocycles. The molecule has 0 aromatic carbocycles. The molecule has 0 fully saturated rings. The van der Waals surface area contributed by atoms with E-state index in [-0.39, 0.29) is 12.1 Å². The molecule has 1 rings (SSSR count). The van der Waals surface area contributed by atoms with Crippen molar-refractivity contribution in [2.24, 2.45) is 0 Å². The maximum Gasteiger partial charge on any atom is 0.323 e. The van der Waals surface area contributed by atoms with E-state index in [0.29, 0.717) is 18.4 Å². The minimum atomic E-state index is -0.845. The first kappa shape index (κ1) is 16.4. The Balaban J connectivity index is 2.85. The fourth-order valence-corrected chi connectivity index (χ4v) is 1.31. The predicted molar refractivity (Wildman–Crippen MR) is 79.2 cm³/mol. The Bertz CT molecular complexity index is 418. The second-order valence-corrected chi connectivity index (χ2v) is 5.52. The number of aromatic nitrogens is 3. The van der Waals surface area contributed by atoms with Gasteiger partial charge in [0.2, 0.25) is 11.9 Å². The Kier molecular flexibility index (Phi) is 5.94. The lowest BCUT2D eigenvalue weighted by Crippen LogP contribution is -2.30. The zero-order valence-electron chi connectivity index (χ0n) is 12.9. The Morgan fingerprint density at radius 1 is 1.15 bits per heavy atom. The van der Waals surface area contributed by atoms with Gasteiger partial charge in [0.15, 0.2) is 0 Å². The fourth-order valence-electron chi connectivity index (χ4n) is 1.31. The number of aliphatic hydroxyl groups is 1. The summed E-state index contributed by atoms with van der Waals surface area (Å²) < 4.78 is 5.50. The Morgan fingerprint density at radius 3 is 2.25 bits per heavy atom. The van der Waals surface area contributed by atoms with Gasteiger partial charge in [-0.3, -0.25) is 0 Å². The van der Waals surface area contributed by atoms with Crippen LogP contribution in [0.2, 0.25) is 0 Å². The highest BCUT2D eigenvalue weighted by molar-refractivity contribution is 5.36. The number of hydrogen-bond acceptors (Lipinski definition) is 7. The number of nitrogens with zero attached hydrogens (tertiary/aromatic N) is 3. The van der Waals surface area contributed by atoms with E-state index in [2.05, 4.69) is 32.5 Å². The Labute approximate surface area is 120 Å². The van der Waals surface area contributed by atoms with E-state index in [9.17, 15) is 5.11 Å². The molecule has 0 atom stereocenters. The monoisotopic (exact) mass is 283 g/mol. The molecule has 0 aliphatic rings. The van der Waals surface area contributed by atoms with Crippen molar-refractivity contribution in [2.45, 2.75) is 52.7 Å². The van der Waals surface area contributed by atoms with Crippen molar-refractivity contribution in [2.75, 3.05) is 23.7 Å². The van der Waals surface area contributed by atoms with Crippen LogP contribution < -0.4 is 15.4 Å². The van der Waals surface area contributed by atoms with Crippen LogP contribution in [0.1, 0.15) is 41.0 Å². The third-order valence-corrected chi connectivity index (χ3v) is 2.17. The lowest BCUT2D eigenvalue weighted by molar-refractivity contribution is 0.0942. The van der Waals surface area contributed by atoms with Gasteiger partial charge in [-0.15, -0.1) is 0 Å². The van der Waals surface area contributed by atoms with Gasteiger partial charge in [0.1, 0.15) is 0 Å². The Hall–Kier alpha value is -1.63. The van der Waals surface area contributed by atoms with Gasteiger partial charge in [-0.1, -0.05) is 6.92 Å². The highest BCUT2D eigenvalue weighted by Gasteiger charge is 2.14. The van der Waals surface area contributed by atoms with Crippen molar-refractivity contribution in [1.82, 2.24) is 15.0 Å². The first-order valence-electron chi connectivity index (χ1n) is 6.93. The summed E-state index contributed by atoms with van der Waals surface area (Å²) in [5.41, 5.74) is -0.845. The van der Waals surface area contributed by atoms with Crippen LogP contribution in [0.5, 0.6) is 6.01 Å². The van der Waals surface area contributed by atoms with Crippen LogP contribution in [0.15, 0.2) is 0 Å². The third-order valence-electron chi connectivity index (χ3n) is 2.17. The quantitative estimate of drug-likeness (QED) is 0.668. The second kappa shape index (κ2) is 7.23. The van der Waals surface area contributed by atoms with Crippen molar-refractivity contribution < 1.29 is 9.84 Å². The van der Waals surface area contributed by atoms with E-state index in [0.717, 1.165) is 13.0 Å². The van der Waals surface area contributed by atoms with Gasteiger partial charge >= 0.3 is 6.01 Å². The van der Waals surface area contributed by atoms with Gasteiger partial charge in [0, 0.05) is 13.1 Å². The summed E-state index contributed by atoms with van der Waals surface area (Å²) in [6.07, 6.45) is 0.955. The summed E-state index contributed by atoms with van der Waals surface area (Å²) in [4.78, 5) is 12.6. The average Bonchev–Trinajstić information content (AvgIpc) is 2.32. The van der Waals surface area contributed by atoms with Gasteiger partial charge < -0.3 is 20.5 Å². The van der Waals surface area contributed by atoms with Crippen LogP contribution in [0.25, 0.3) is 0 Å². The van der Waals surface area contributed by atoms with Crippen molar-refractivity contribution in [1.29, 1.82) is 0 Å². The minimum Gasteiger partial charge on any atom is -0.461 e. The molecule has 0 spiro atoms. The van der Waals surface area contributed by atoms with E-state index in [1.54, 1.807) is 13.8 Å². The molecule has 3 N–H and O–H groups in total. The molecule has 0 saturated heterocycles. The average molecular weight is 283 g/mol. The number of ether oxygens (including phenoxy) is 1. The standard InChI is InChI=1S/C13H25N5O2/c1-6-7-14-10-16-11(15-8-13(4,5)19)18-12(17-10)20-9(2)3/h9,19H,6-8H2,1-5H3,(H2,14,15,16,17,18). The summed E-state index contributed by atoms with van der Waals surface area (Å²) >= 11 is 0. The zero-order valence-corrected chi connectivity index (χ0v) is 12.9. The molecule has 1 heterocycles. The minimum absolute atomic E-state index is 0.0152. The SMILES string of the molecule is CCCNc1nc(NCC(C)(C)O)nc(OC(C)C)n1. The van der Waals surface area contributed by atoms with Crippen LogP contribution in [0.3, 0.4) is 0 Å². The zero-order chi connectivity index (χ0) is 15.2. The second-order valence-electron chi connectivity index (χ2n) is 5.52. The molecule has 0 unspecified atom stereocenters. The van der Waals surface area contributed by atoms with E-state index >= 15 is 0 Å². The normalized spacial score (nSPS) is 11.6. The lowest BCUT2D eigenvalue weighted by atomic mass is 10.1. The van der Waals surface area contributed by atoms with Crippen LogP contribution in [0, 0.1) is 0 Å². The molecule has 0 saturated carbocycles. The van der Waals surface area contributed by atoms with Crippen LogP contribution in [0.4, 0.5) is 11.9 Å². The molecule has 7 heteroatoms. The molecule has 0 aliphatic carbocycles. The van der Waals surface area contributed by atoms with Gasteiger partial charge in [-0.05, 0) is 34.1 Å². The molecule has 0 amide bonds. The number of nitrogens with one attached hydrogen (secondary N) is 2. The topological polar surface area (TPSA) is 92.2 Å². The summed E-state index contributed by atoms with van der Waals surface area (Å²) in [7, 11) is 0. The van der Waals surface area contributed by atoms with E-state index in [1.165, 1.54) is 0 Å². The van der Waals surface area contributed by atoms with Crippen LogP contribution >= 0.6 is 0 Å². The van der Waals surface area contributed by atoms with Crippen molar-refractivity contribution in [3.63, 3.8) is 0 Å².